The van der Waals surface area contributed by atoms with Crippen LogP contribution in [0.15, 0.2) is 65.5 Å². The summed E-state index contributed by atoms with van der Waals surface area (Å²) in [6.07, 6.45) is 2.91. The van der Waals surface area contributed by atoms with Gasteiger partial charge in [-0.05, 0) is 53.3 Å². The molecule has 3 aromatic carbocycles. The van der Waals surface area contributed by atoms with Crippen LogP contribution < -0.4 is 5.69 Å². The van der Waals surface area contributed by atoms with Gasteiger partial charge >= 0.3 is 5.69 Å². The molecule has 0 saturated carbocycles. The van der Waals surface area contributed by atoms with Crippen molar-refractivity contribution in [2.24, 2.45) is 0 Å². The van der Waals surface area contributed by atoms with Crippen molar-refractivity contribution in [2.45, 2.75) is 37.9 Å². The topological polar surface area (TPSA) is 59.7 Å². The normalized spacial score (nSPS) is 20.8. The number of piperidine rings is 1. The second-order valence-electron chi connectivity index (χ2n) is 10.6. The van der Waals surface area contributed by atoms with Gasteiger partial charge in [-0.25, -0.2) is 4.79 Å². The van der Waals surface area contributed by atoms with E-state index in [9.17, 15) is 9.59 Å². The third-order valence-electron chi connectivity index (χ3n) is 8.63. The maximum absolute atomic E-state index is 13.7. The molecule has 0 bridgehead atoms. The van der Waals surface area contributed by atoms with E-state index in [-0.39, 0.29) is 24.2 Å². The van der Waals surface area contributed by atoms with Crippen LogP contribution in [0.5, 0.6) is 0 Å². The summed E-state index contributed by atoms with van der Waals surface area (Å²) in [5, 5.41) is 2.76. The molecule has 7 nitrogen and oxygen atoms in total. The van der Waals surface area contributed by atoms with Crippen molar-refractivity contribution in [1.29, 1.82) is 0 Å². The van der Waals surface area contributed by atoms with Crippen LogP contribution in [0.4, 0.5) is 0 Å². The molecular formula is C30H32N4O3. The van der Waals surface area contributed by atoms with E-state index in [1.54, 1.807) is 9.47 Å². The van der Waals surface area contributed by atoms with Gasteiger partial charge in [0.2, 0.25) is 5.91 Å². The molecule has 0 radical (unpaired) electrons. The lowest BCUT2D eigenvalue weighted by Gasteiger charge is -2.36. The summed E-state index contributed by atoms with van der Waals surface area (Å²) in [5.74, 6) is -0.0157. The zero-order chi connectivity index (χ0) is 24.9. The minimum Gasteiger partial charge on any atom is -0.378 e. The average molecular weight is 497 g/mol. The molecule has 3 heterocycles. The van der Waals surface area contributed by atoms with Crippen LogP contribution in [0.3, 0.4) is 0 Å². The zero-order valence-electron chi connectivity index (χ0n) is 21.0. The number of ether oxygens (including phenoxy) is 1. The molecule has 2 aliphatic heterocycles. The number of amides is 1. The summed E-state index contributed by atoms with van der Waals surface area (Å²) in [6, 6.07) is 21.8. The summed E-state index contributed by atoms with van der Waals surface area (Å²) in [7, 11) is 0. The Morgan fingerprint density at radius 1 is 0.865 bits per heavy atom. The Balaban J connectivity index is 1.13. The van der Waals surface area contributed by atoms with Crippen LogP contribution in [-0.4, -0.2) is 64.2 Å². The number of nitrogens with zero attached hydrogens (tertiary/aromatic N) is 4. The summed E-state index contributed by atoms with van der Waals surface area (Å²) in [4.78, 5) is 31.2. The van der Waals surface area contributed by atoms with Crippen LogP contribution in [0.25, 0.3) is 21.8 Å². The number of carbonyl (C=O) groups excluding carboxylic acids is 1. The van der Waals surface area contributed by atoms with Crippen LogP contribution in [-0.2, 0) is 22.5 Å². The maximum atomic E-state index is 13.7. The number of carbonyl (C=O) groups is 1. The van der Waals surface area contributed by atoms with Crippen molar-refractivity contribution in [3.63, 3.8) is 0 Å². The van der Waals surface area contributed by atoms with Crippen molar-refractivity contribution in [1.82, 2.24) is 18.9 Å². The van der Waals surface area contributed by atoms with Gasteiger partial charge in [0.15, 0.2) is 0 Å². The lowest BCUT2D eigenvalue weighted by atomic mass is 9.99. The highest BCUT2D eigenvalue weighted by molar-refractivity contribution is 5.91. The van der Waals surface area contributed by atoms with Gasteiger partial charge < -0.3 is 9.64 Å². The Labute approximate surface area is 215 Å². The van der Waals surface area contributed by atoms with Crippen molar-refractivity contribution < 1.29 is 9.53 Å². The molecule has 0 N–H and O–H groups in total. The first kappa shape index (κ1) is 22.8. The number of likely N-dealkylation sites (tertiary alicyclic amines) is 1. The SMILES string of the molecule is O=C(Cn1c(=O)n(C2CCN(C3Cc4cccc5cccc3c45)CC2)c2ccccc21)N1CCOCC1. The standard InChI is InChI=1S/C30H32N4O3/c35-28(32-15-17-37-18-16-32)20-33-25-9-1-2-10-26(25)34(30(33)36)23-11-13-31(14-12-23)27-19-22-7-3-5-21-6-4-8-24(27)29(21)22/h1-10,23,27H,11-20H2. The van der Waals surface area contributed by atoms with E-state index in [2.05, 4.69) is 41.3 Å². The molecule has 37 heavy (non-hydrogen) atoms. The van der Waals surface area contributed by atoms with E-state index < -0.39 is 0 Å². The first-order chi connectivity index (χ1) is 18.2. The number of imidazole rings is 1. The van der Waals surface area contributed by atoms with E-state index in [1.165, 1.54) is 21.9 Å². The van der Waals surface area contributed by atoms with E-state index in [1.807, 2.05) is 28.8 Å². The largest absolute Gasteiger partial charge is 0.378 e. The molecule has 4 aromatic rings. The number of hydrogen-bond acceptors (Lipinski definition) is 4. The molecule has 190 valence electrons. The van der Waals surface area contributed by atoms with Crippen molar-refractivity contribution >= 4 is 27.7 Å². The van der Waals surface area contributed by atoms with Crippen LogP contribution >= 0.6 is 0 Å². The summed E-state index contributed by atoms with van der Waals surface area (Å²) < 4.78 is 9.02. The number of rotatable bonds is 4. The fraction of sp³-hybridized carbons (Fsp3) is 0.400. The molecule has 7 rings (SSSR count). The van der Waals surface area contributed by atoms with Gasteiger partial charge in [-0.3, -0.25) is 18.8 Å². The quantitative estimate of drug-likeness (QED) is 0.432. The maximum Gasteiger partial charge on any atom is 0.329 e. The number of fused-ring (bicyclic) bond motifs is 1. The van der Waals surface area contributed by atoms with Gasteiger partial charge in [0.1, 0.15) is 6.54 Å². The van der Waals surface area contributed by atoms with Gasteiger partial charge in [-0.15, -0.1) is 0 Å². The molecule has 1 amide bonds. The molecule has 1 unspecified atom stereocenters. The van der Waals surface area contributed by atoms with Crippen molar-refractivity contribution in [2.75, 3.05) is 39.4 Å². The monoisotopic (exact) mass is 496 g/mol. The lowest BCUT2D eigenvalue weighted by molar-refractivity contribution is -0.135. The first-order valence-corrected chi connectivity index (χ1v) is 13.5. The fourth-order valence-corrected chi connectivity index (χ4v) is 6.78. The van der Waals surface area contributed by atoms with Gasteiger partial charge in [0.05, 0.1) is 24.2 Å². The molecule has 1 atom stereocenters. The van der Waals surface area contributed by atoms with Crippen LogP contribution in [0, 0.1) is 0 Å². The molecule has 2 fully saturated rings. The number of hydrogen-bond donors (Lipinski definition) is 0. The number of para-hydroxylation sites is 2. The van der Waals surface area contributed by atoms with Crippen molar-refractivity contribution in [3.8, 4) is 0 Å². The van der Waals surface area contributed by atoms with Crippen molar-refractivity contribution in [3.05, 3.63) is 82.3 Å². The third-order valence-corrected chi connectivity index (χ3v) is 8.63. The molecule has 0 spiro atoms. The molecule has 2 saturated heterocycles. The Morgan fingerprint density at radius 2 is 1.59 bits per heavy atom. The highest BCUT2D eigenvalue weighted by Gasteiger charge is 2.33. The minimum absolute atomic E-state index is 0.0157. The summed E-state index contributed by atoms with van der Waals surface area (Å²) >= 11 is 0. The second-order valence-corrected chi connectivity index (χ2v) is 10.6. The molecule has 3 aliphatic rings. The van der Waals surface area contributed by atoms with E-state index in [4.69, 9.17) is 4.74 Å². The molecule has 1 aliphatic carbocycles. The third kappa shape index (κ3) is 3.80. The van der Waals surface area contributed by atoms with Crippen LogP contribution in [0.1, 0.15) is 36.1 Å². The van der Waals surface area contributed by atoms with Gasteiger partial charge in [-0.1, -0.05) is 48.5 Å². The Hall–Kier alpha value is -3.42. The van der Waals surface area contributed by atoms with Gasteiger partial charge in [-0.2, -0.15) is 0 Å². The summed E-state index contributed by atoms with van der Waals surface area (Å²) in [6.45, 7) is 4.28. The highest BCUT2D eigenvalue weighted by atomic mass is 16.5. The number of aromatic nitrogens is 2. The van der Waals surface area contributed by atoms with Gasteiger partial charge in [0.25, 0.3) is 0 Å². The predicted octanol–water partition coefficient (Wildman–Crippen LogP) is 3.75. The minimum atomic E-state index is -0.0701. The Kier molecular flexibility index (Phi) is 5.63. The van der Waals surface area contributed by atoms with E-state index >= 15 is 0 Å². The lowest BCUT2D eigenvalue weighted by Crippen LogP contribution is -2.44. The first-order valence-electron chi connectivity index (χ1n) is 13.5. The predicted molar refractivity (Wildman–Crippen MR) is 144 cm³/mol. The average Bonchev–Trinajstić information content (AvgIpc) is 3.46. The molecule has 1 aromatic heterocycles. The zero-order valence-corrected chi connectivity index (χ0v) is 21.0. The Bertz CT molecular complexity index is 1530. The van der Waals surface area contributed by atoms with E-state index in [0.717, 1.165) is 43.4 Å². The Morgan fingerprint density at radius 3 is 2.38 bits per heavy atom. The smallest absolute Gasteiger partial charge is 0.329 e. The number of benzene rings is 3. The molecule has 7 heteroatoms. The fourth-order valence-electron chi connectivity index (χ4n) is 6.78. The van der Waals surface area contributed by atoms with Gasteiger partial charge in [0, 0.05) is 38.3 Å². The van der Waals surface area contributed by atoms with Crippen LogP contribution in [0.2, 0.25) is 0 Å². The van der Waals surface area contributed by atoms with E-state index in [0.29, 0.717) is 32.3 Å². The number of morpholine rings is 1. The molecular weight excluding hydrogens is 464 g/mol. The summed E-state index contributed by atoms with van der Waals surface area (Å²) in [5.41, 5.74) is 4.60. The second kappa shape index (κ2) is 9.15. The highest BCUT2D eigenvalue weighted by Crippen LogP contribution is 2.41.